The van der Waals surface area contributed by atoms with Crippen LogP contribution in [0.25, 0.3) is 44.1 Å². The van der Waals surface area contributed by atoms with Crippen LogP contribution in [0.15, 0.2) is 155 Å². The maximum Gasteiger partial charge on any atom is 0.227 e. The van der Waals surface area contributed by atoms with E-state index in [0.29, 0.717) is 40.7 Å². The van der Waals surface area contributed by atoms with Crippen molar-refractivity contribution in [1.82, 2.24) is 40.5 Å². The molecule has 2 N–H and O–H groups in total. The Kier molecular flexibility index (Phi) is 19.2. The van der Waals surface area contributed by atoms with Gasteiger partial charge in [0.25, 0.3) is 0 Å². The monoisotopic (exact) mass is 1480 g/mol. The van der Waals surface area contributed by atoms with Gasteiger partial charge in [-0.05, 0) is 275 Å². The molecule has 5 aliphatic heterocycles. The number of nitrogens with one attached hydrogen (secondary N) is 2. The Balaban J connectivity index is 0.000000136. The van der Waals surface area contributed by atoms with Crippen LogP contribution in [-0.4, -0.2) is 100 Å². The number of para-hydroxylation sites is 3. The van der Waals surface area contributed by atoms with Gasteiger partial charge < -0.3 is 33.3 Å². The van der Waals surface area contributed by atoms with Crippen LogP contribution < -0.4 is 44.9 Å². The summed E-state index contributed by atoms with van der Waals surface area (Å²) >= 11 is 0. The molecule has 0 amide bonds. The lowest BCUT2D eigenvalue weighted by atomic mass is 9.81. The molecule has 0 aliphatic carbocycles. The quantitative estimate of drug-likeness (QED) is 0.156. The van der Waals surface area contributed by atoms with Crippen LogP contribution in [0.1, 0.15) is 213 Å². The van der Waals surface area contributed by atoms with Crippen molar-refractivity contribution in [3.8, 4) is 0 Å². The second-order valence-electron chi connectivity index (χ2n) is 34.5. The van der Waals surface area contributed by atoms with Gasteiger partial charge in [0.05, 0.1) is 26.4 Å². The van der Waals surface area contributed by atoms with E-state index in [0.717, 1.165) is 95.9 Å². The van der Waals surface area contributed by atoms with Crippen molar-refractivity contribution in [2.75, 3.05) is 34.3 Å². The highest BCUT2D eigenvalue weighted by Crippen LogP contribution is 2.52. The third kappa shape index (κ3) is 15.3. The smallest absolute Gasteiger partial charge is 0.227 e. The molecule has 16 rings (SSSR count). The fraction of sp³-hybridized carbons (Fsp3) is 0.478. The summed E-state index contributed by atoms with van der Waals surface area (Å²) in [5.74, 6) is 2.89. The van der Waals surface area contributed by atoms with Crippen LogP contribution in [0, 0.1) is 53.9 Å². The van der Waals surface area contributed by atoms with Crippen LogP contribution in [0.3, 0.4) is 0 Å². The molecule has 3 fully saturated rings. The summed E-state index contributed by atoms with van der Waals surface area (Å²) in [5, 5.41) is 10.8. The number of anilines is 9. The number of furan rings is 2. The van der Waals surface area contributed by atoms with Gasteiger partial charge in [0.15, 0.2) is 34.4 Å². The van der Waals surface area contributed by atoms with E-state index in [-0.39, 0.29) is 35.1 Å². The molecule has 3 saturated heterocycles. The normalized spacial score (nSPS) is 23.8. The van der Waals surface area contributed by atoms with Crippen molar-refractivity contribution in [2.24, 2.45) is 5.41 Å². The van der Waals surface area contributed by atoms with Gasteiger partial charge in [-0.25, -0.2) is 29.9 Å². The van der Waals surface area contributed by atoms with Gasteiger partial charge in [0.1, 0.15) is 12.3 Å². The van der Waals surface area contributed by atoms with Gasteiger partial charge in [-0.15, -0.1) is 0 Å². The molecule has 109 heavy (non-hydrogen) atoms. The second-order valence-corrected chi connectivity index (χ2v) is 34.5. The van der Waals surface area contributed by atoms with Crippen LogP contribution in [0.5, 0.6) is 0 Å². The molecular formula is C92H123N15O2. The third-order valence-corrected chi connectivity index (χ3v) is 22.6. The Morgan fingerprint density at radius 3 is 1.16 bits per heavy atom. The van der Waals surface area contributed by atoms with E-state index in [9.17, 15) is 0 Å². The summed E-state index contributed by atoms with van der Waals surface area (Å²) in [7, 11) is 0. The van der Waals surface area contributed by atoms with Gasteiger partial charge in [-0.3, -0.25) is 20.4 Å². The van der Waals surface area contributed by atoms with E-state index in [1.165, 1.54) is 35.8 Å². The molecule has 6 atom stereocenters. The van der Waals surface area contributed by atoms with E-state index >= 15 is 0 Å². The molecule has 0 radical (unpaired) electrons. The number of fused-ring (bicyclic) bond motifs is 8. The SMILES string of the molecule is Cc1ccccc1N1[C@@H](C)C(C)(C)CC1(C)C.Cc1ccccc1N1[C@@H](C)NC(C)(C)CC1(C)C.[2H]C(C)(C)N1c2nccnc2N(c2c(C)ccc3c2oc2nc(C)ccc23)[C@H]1C.[2H]C(C)(C)N1c2nccnc2N(c2c(C)ccc3c2oc2nc(C)ccc23)[C@H]1C.[2H]C([2H])([2H])C1(C)N[C@H](C)N(c2ccccc2C)C(C)(C)C1([2H])[2H]. The van der Waals surface area contributed by atoms with Gasteiger partial charge in [0.2, 0.25) is 11.4 Å². The number of pyridine rings is 2. The Bertz CT molecular complexity index is 5250. The minimum Gasteiger partial charge on any atom is -0.435 e. The Morgan fingerprint density at radius 2 is 0.789 bits per heavy atom. The minimum absolute atomic E-state index is 0.146. The molecule has 1 unspecified atom stereocenters. The van der Waals surface area contributed by atoms with Crippen LogP contribution in [-0.2, 0) is 0 Å². The summed E-state index contributed by atoms with van der Waals surface area (Å²) in [6.45, 7) is 53.9. The molecule has 5 aliphatic rings. The summed E-state index contributed by atoms with van der Waals surface area (Å²) in [6, 6.07) is 40.5. The molecular weight excluding hydrogens is 1350 g/mol. The van der Waals surface area contributed by atoms with Gasteiger partial charge in [-0.2, -0.15) is 0 Å². The standard InChI is InChI=1S/2C22H23N5O.2C16H26N2.C16H25N/c2*1-12(2)26-15(5)27(21-20(26)23-10-11-24-21)18-13(3)6-8-16-17-9-7-14(4)25-22(17)28-19(16)18;2*1-12-9-7-8-10-14(12)18-13(2)17-15(3,4)11-16(18,5)6;1-12-9-7-8-10-14(12)17-13(2)15(3,4)11-16(17,5)6/h2*6-12,15H,1-5H3;2*7-10,13,17H,11H2,1-6H3;7-10,13H,11H2,1-6H3/t2*15-;3*13-/m00000/s1/i2*12D;3D3,11D2;;/t2m;13-,15?;m;. The molecule has 17 nitrogen and oxygen atoms in total. The van der Waals surface area contributed by atoms with Crippen molar-refractivity contribution in [3.63, 3.8) is 0 Å². The lowest BCUT2D eigenvalue weighted by Gasteiger charge is -2.55. The number of aryl methyl sites for hydroxylation is 7. The summed E-state index contributed by atoms with van der Waals surface area (Å²) in [4.78, 5) is 42.8. The predicted molar refractivity (Wildman–Crippen MR) is 458 cm³/mol. The van der Waals surface area contributed by atoms with Gasteiger partial charge in [-0.1, -0.05) is 92.7 Å². The fourth-order valence-corrected chi connectivity index (χ4v) is 18.8. The average molecular weight is 1480 g/mol. The van der Waals surface area contributed by atoms with Crippen molar-refractivity contribution in [3.05, 3.63) is 185 Å². The lowest BCUT2D eigenvalue weighted by Crippen LogP contribution is -2.67. The molecule has 11 heterocycles. The van der Waals surface area contributed by atoms with E-state index < -0.39 is 36.3 Å². The number of benzene rings is 5. The van der Waals surface area contributed by atoms with Crippen LogP contribution in [0.4, 0.5) is 51.7 Å². The zero-order valence-corrected chi connectivity index (χ0v) is 69.8. The number of rotatable bonds is 7. The lowest BCUT2D eigenvalue weighted by molar-refractivity contribution is 0.181. The Morgan fingerprint density at radius 1 is 0.431 bits per heavy atom. The number of nitrogens with zero attached hydrogens (tertiary/aromatic N) is 13. The van der Waals surface area contributed by atoms with E-state index in [1.807, 2.05) is 106 Å². The summed E-state index contributed by atoms with van der Waals surface area (Å²) in [5.41, 5.74) is 14.5. The van der Waals surface area contributed by atoms with Gasteiger partial charge in [0, 0.05) is 127 Å². The van der Waals surface area contributed by atoms with Gasteiger partial charge >= 0.3 is 0 Å². The molecule has 0 saturated carbocycles. The van der Waals surface area contributed by atoms with Crippen LogP contribution in [0.2, 0.25) is 0 Å². The zero-order valence-electron chi connectivity index (χ0n) is 76.8. The van der Waals surface area contributed by atoms with Crippen LogP contribution >= 0.6 is 0 Å². The number of aromatic nitrogens is 6. The van der Waals surface area contributed by atoms with E-state index in [2.05, 4.69) is 256 Å². The first-order chi connectivity index (χ1) is 53.8. The number of hydrogen-bond donors (Lipinski definition) is 2. The molecule has 11 aromatic rings. The highest BCUT2D eigenvalue weighted by molar-refractivity contribution is 6.11. The van der Waals surface area contributed by atoms with E-state index in [4.69, 9.17) is 18.4 Å². The molecule has 17 heteroatoms. The maximum absolute atomic E-state index is 8.68. The molecule has 6 aromatic heterocycles. The highest BCUT2D eigenvalue weighted by Gasteiger charge is 2.50. The van der Waals surface area contributed by atoms with E-state index in [1.54, 1.807) is 38.6 Å². The first kappa shape index (κ1) is 70.1. The maximum atomic E-state index is 8.68. The molecule has 5 aromatic carbocycles. The average Bonchev–Trinajstić information content (AvgIpc) is 0.914. The summed E-state index contributed by atoms with van der Waals surface area (Å²) < 4.78 is 70.9. The Hall–Kier alpha value is -9.32. The van der Waals surface area contributed by atoms with Crippen molar-refractivity contribution < 1.29 is 18.4 Å². The molecule has 0 bridgehead atoms. The molecule has 578 valence electrons. The zero-order chi connectivity index (χ0) is 85.2. The third-order valence-electron chi connectivity index (χ3n) is 22.6. The topological polar surface area (TPSA) is 150 Å². The Labute approximate surface area is 660 Å². The fourth-order valence-electron chi connectivity index (χ4n) is 18.8. The largest absolute Gasteiger partial charge is 0.435 e. The summed E-state index contributed by atoms with van der Waals surface area (Å²) in [6.07, 6.45) is 6.87. The number of hydrogen-bond acceptors (Lipinski definition) is 17. The molecule has 0 spiro atoms. The predicted octanol–water partition coefficient (Wildman–Crippen LogP) is 22.0. The highest BCUT2D eigenvalue weighted by atomic mass is 16.3. The van der Waals surface area contributed by atoms with Crippen molar-refractivity contribution in [2.45, 2.75) is 283 Å². The van der Waals surface area contributed by atoms with Crippen molar-refractivity contribution >= 4 is 95.8 Å². The first-order valence-corrected chi connectivity index (χ1v) is 38.8. The van der Waals surface area contributed by atoms with Crippen molar-refractivity contribution in [1.29, 1.82) is 0 Å². The first-order valence-electron chi connectivity index (χ1n) is 42.3. The second kappa shape index (κ2) is 29.8. The minimum atomic E-state index is -2.46.